The summed E-state index contributed by atoms with van der Waals surface area (Å²) in [6.07, 6.45) is 7.28. The molecule has 2 fully saturated rings. The Kier molecular flexibility index (Phi) is 2.55. The van der Waals surface area contributed by atoms with Crippen LogP contribution in [0.4, 0.5) is 0 Å². The molecule has 1 heterocycles. The van der Waals surface area contributed by atoms with Crippen molar-refractivity contribution < 1.29 is 4.42 Å². The van der Waals surface area contributed by atoms with Crippen molar-refractivity contribution in [2.24, 2.45) is 11.3 Å². The lowest BCUT2D eigenvalue weighted by Gasteiger charge is -2.42. The van der Waals surface area contributed by atoms with Gasteiger partial charge < -0.3 is 9.73 Å². The minimum atomic E-state index is 0.668. The van der Waals surface area contributed by atoms with E-state index in [1.807, 2.05) is 13.0 Å². The van der Waals surface area contributed by atoms with Crippen LogP contribution in [-0.4, -0.2) is 6.54 Å². The van der Waals surface area contributed by atoms with Crippen molar-refractivity contribution in [2.45, 2.75) is 45.6 Å². The largest absolute Gasteiger partial charge is 0.465 e. The summed E-state index contributed by atoms with van der Waals surface area (Å²) in [5, 5.41) is 3.59. The molecule has 0 amide bonds. The first-order chi connectivity index (χ1) is 7.78. The maximum atomic E-state index is 5.56. The third-order valence-corrected chi connectivity index (χ3v) is 4.37. The molecule has 1 N–H and O–H groups in total. The monoisotopic (exact) mass is 219 g/mol. The highest BCUT2D eigenvalue weighted by Gasteiger charge is 2.48. The Balaban J connectivity index is 1.49. The third kappa shape index (κ3) is 1.91. The SMILES string of the molecule is Cc1ccc(CNCC2(C3CC3)CCC2)o1. The first-order valence-electron chi connectivity index (χ1n) is 6.55. The van der Waals surface area contributed by atoms with Gasteiger partial charge in [0.25, 0.3) is 0 Å². The van der Waals surface area contributed by atoms with Gasteiger partial charge >= 0.3 is 0 Å². The van der Waals surface area contributed by atoms with Crippen LogP contribution in [0.3, 0.4) is 0 Å². The fraction of sp³-hybridized carbons (Fsp3) is 0.714. The van der Waals surface area contributed by atoms with Gasteiger partial charge in [-0.25, -0.2) is 0 Å². The van der Waals surface area contributed by atoms with E-state index in [0.29, 0.717) is 5.41 Å². The van der Waals surface area contributed by atoms with Crippen molar-refractivity contribution in [3.8, 4) is 0 Å². The van der Waals surface area contributed by atoms with Gasteiger partial charge in [-0.05, 0) is 56.1 Å². The smallest absolute Gasteiger partial charge is 0.117 e. The summed E-state index contributed by atoms with van der Waals surface area (Å²) in [4.78, 5) is 0. The molecule has 0 spiro atoms. The molecule has 16 heavy (non-hydrogen) atoms. The average Bonchev–Trinajstić information content (AvgIpc) is 2.96. The molecule has 3 rings (SSSR count). The third-order valence-electron chi connectivity index (χ3n) is 4.37. The molecule has 2 aliphatic rings. The maximum absolute atomic E-state index is 5.56. The van der Waals surface area contributed by atoms with E-state index in [1.165, 1.54) is 38.6 Å². The number of hydrogen-bond acceptors (Lipinski definition) is 2. The van der Waals surface area contributed by atoms with Crippen LogP contribution in [0.2, 0.25) is 0 Å². The molecule has 2 aliphatic carbocycles. The number of hydrogen-bond donors (Lipinski definition) is 1. The fourth-order valence-corrected chi connectivity index (χ4v) is 3.07. The van der Waals surface area contributed by atoms with E-state index in [4.69, 9.17) is 4.42 Å². The molecular formula is C14H21NO. The normalized spacial score (nSPS) is 23.1. The molecule has 2 heteroatoms. The van der Waals surface area contributed by atoms with Gasteiger partial charge in [0.2, 0.25) is 0 Å². The minimum Gasteiger partial charge on any atom is -0.465 e. The van der Waals surface area contributed by atoms with Crippen molar-refractivity contribution in [1.82, 2.24) is 5.32 Å². The Morgan fingerprint density at radius 3 is 2.69 bits per heavy atom. The van der Waals surface area contributed by atoms with Gasteiger partial charge in [-0.3, -0.25) is 0 Å². The van der Waals surface area contributed by atoms with Crippen LogP contribution < -0.4 is 5.32 Å². The topological polar surface area (TPSA) is 25.2 Å². The first kappa shape index (κ1) is 10.4. The molecule has 0 unspecified atom stereocenters. The second-order valence-corrected chi connectivity index (χ2v) is 5.61. The van der Waals surface area contributed by atoms with Crippen molar-refractivity contribution >= 4 is 0 Å². The summed E-state index contributed by atoms with van der Waals surface area (Å²) in [5.74, 6) is 3.12. The molecule has 1 aromatic heterocycles. The van der Waals surface area contributed by atoms with Gasteiger partial charge in [0.15, 0.2) is 0 Å². The summed E-state index contributed by atoms with van der Waals surface area (Å²) >= 11 is 0. The van der Waals surface area contributed by atoms with E-state index in [2.05, 4.69) is 11.4 Å². The Morgan fingerprint density at radius 1 is 1.38 bits per heavy atom. The Labute approximate surface area is 97.4 Å². The number of nitrogens with one attached hydrogen (secondary N) is 1. The predicted octanol–water partition coefficient (Wildman–Crippen LogP) is 3.26. The molecule has 0 radical (unpaired) electrons. The highest BCUT2D eigenvalue weighted by Crippen LogP contribution is 2.56. The molecule has 0 saturated heterocycles. The van der Waals surface area contributed by atoms with E-state index in [0.717, 1.165) is 24.0 Å². The molecule has 1 aromatic rings. The Bertz CT molecular complexity index is 361. The van der Waals surface area contributed by atoms with Crippen molar-refractivity contribution in [1.29, 1.82) is 0 Å². The average molecular weight is 219 g/mol. The molecule has 0 aromatic carbocycles. The first-order valence-corrected chi connectivity index (χ1v) is 6.55. The zero-order valence-corrected chi connectivity index (χ0v) is 10.1. The molecular weight excluding hydrogens is 198 g/mol. The Hall–Kier alpha value is -0.760. The van der Waals surface area contributed by atoms with Crippen molar-refractivity contribution in [3.63, 3.8) is 0 Å². The second kappa shape index (κ2) is 3.92. The van der Waals surface area contributed by atoms with Crippen LogP contribution in [-0.2, 0) is 6.54 Å². The van der Waals surface area contributed by atoms with Crippen molar-refractivity contribution in [3.05, 3.63) is 23.7 Å². The number of rotatable bonds is 5. The lowest BCUT2D eigenvalue weighted by molar-refractivity contribution is 0.0979. The molecule has 0 aliphatic heterocycles. The van der Waals surface area contributed by atoms with Gasteiger partial charge in [-0.2, -0.15) is 0 Å². The molecule has 0 bridgehead atoms. The fourth-order valence-electron chi connectivity index (χ4n) is 3.07. The number of furan rings is 1. The summed E-state index contributed by atoms with van der Waals surface area (Å²) in [6, 6.07) is 4.12. The highest BCUT2D eigenvalue weighted by molar-refractivity contribution is 5.06. The van der Waals surface area contributed by atoms with E-state index < -0.39 is 0 Å². The minimum absolute atomic E-state index is 0.668. The van der Waals surface area contributed by atoms with E-state index in [-0.39, 0.29) is 0 Å². The van der Waals surface area contributed by atoms with Gasteiger partial charge in [-0.15, -0.1) is 0 Å². The van der Waals surface area contributed by atoms with Crippen LogP contribution in [0.1, 0.15) is 43.6 Å². The summed E-state index contributed by atoms with van der Waals surface area (Å²) in [5.41, 5.74) is 0.668. The molecule has 0 atom stereocenters. The van der Waals surface area contributed by atoms with Gasteiger partial charge in [0.1, 0.15) is 11.5 Å². The number of aryl methyl sites for hydroxylation is 1. The second-order valence-electron chi connectivity index (χ2n) is 5.61. The van der Waals surface area contributed by atoms with Gasteiger partial charge in [-0.1, -0.05) is 6.42 Å². The Morgan fingerprint density at radius 2 is 2.19 bits per heavy atom. The van der Waals surface area contributed by atoms with Gasteiger partial charge in [0, 0.05) is 6.54 Å². The predicted molar refractivity (Wildman–Crippen MR) is 64.2 cm³/mol. The summed E-state index contributed by atoms with van der Waals surface area (Å²) in [7, 11) is 0. The van der Waals surface area contributed by atoms with Crippen LogP contribution >= 0.6 is 0 Å². The van der Waals surface area contributed by atoms with Crippen LogP contribution in [0.25, 0.3) is 0 Å². The highest BCUT2D eigenvalue weighted by atomic mass is 16.3. The van der Waals surface area contributed by atoms with Crippen LogP contribution in [0, 0.1) is 18.3 Å². The van der Waals surface area contributed by atoms with Crippen LogP contribution in [0.15, 0.2) is 16.5 Å². The van der Waals surface area contributed by atoms with E-state index in [1.54, 1.807) is 0 Å². The lowest BCUT2D eigenvalue weighted by Crippen LogP contribution is -2.41. The quantitative estimate of drug-likeness (QED) is 0.822. The van der Waals surface area contributed by atoms with E-state index >= 15 is 0 Å². The standard InChI is InChI=1S/C14H21NO/c1-11-3-6-13(16-11)9-15-10-14(7-2-8-14)12-4-5-12/h3,6,12,15H,2,4-5,7-10H2,1H3. The lowest BCUT2D eigenvalue weighted by atomic mass is 9.65. The maximum Gasteiger partial charge on any atom is 0.117 e. The summed E-state index contributed by atoms with van der Waals surface area (Å²) in [6.45, 7) is 4.08. The van der Waals surface area contributed by atoms with E-state index in [9.17, 15) is 0 Å². The summed E-state index contributed by atoms with van der Waals surface area (Å²) < 4.78 is 5.56. The molecule has 2 saturated carbocycles. The zero-order chi connectivity index (χ0) is 11.0. The van der Waals surface area contributed by atoms with Gasteiger partial charge in [0.05, 0.1) is 6.54 Å². The zero-order valence-electron chi connectivity index (χ0n) is 10.1. The molecule has 88 valence electrons. The van der Waals surface area contributed by atoms with Crippen LogP contribution in [0.5, 0.6) is 0 Å². The molecule has 2 nitrogen and oxygen atoms in total. The van der Waals surface area contributed by atoms with Crippen molar-refractivity contribution in [2.75, 3.05) is 6.54 Å².